The minimum Gasteiger partial charge on any atom is -0.491 e. The molecule has 96 heavy (non-hydrogen) atoms. The van der Waals surface area contributed by atoms with E-state index in [0.717, 1.165) is 0 Å². The van der Waals surface area contributed by atoms with Gasteiger partial charge in [-0.2, -0.15) is 0 Å². The number of benzene rings is 8. The molecule has 0 aliphatic carbocycles. The lowest BCUT2D eigenvalue weighted by molar-refractivity contribution is 0.0532. The molecule has 0 unspecified atom stereocenters. The normalized spacial score (nSPS) is 14.0. The van der Waals surface area contributed by atoms with Crippen molar-refractivity contribution in [2.75, 3.05) is 106 Å². The first kappa shape index (κ1) is 73.3. The molecule has 0 aliphatic rings. The molecular weight excluding hydrogens is 1250 g/mol. The Hall–Kier alpha value is -8.48. The molecule has 8 aromatic carbocycles. The molecule has 0 aromatic heterocycles. The molecule has 0 heterocycles. The summed E-state index contributed by atoms with van der Waals surface area (Å²) in [5, 5.41) is 161. The van der Waals surface area contributed by atoms with E-state index in [9.17, 15) is 81.7 Å². The highest BCUT2D eigenvalue weighted by atomic mass is 16.5. The van der Waals surface area contributed by atoms with Gasteiger partial charge in [0.2, 0.25) is 0 Å². The molecule has 8 atom stereocenters. The molecule has 8 rings (SSSR count). The summed E-state index contributed by atoms with van der Waals surface area (Å²) in [7, 11) is 0. The molecule has 0 saturated heterocycles. The number of ether oxygens (including phenoxy) is 8. The first-order valence-corrected chi connectivity index (χ1v) is 30.9. The summed E-state index contributed by atoms with van der Waals surface area (Å²) in [5.41, 5.74) is 7.49. The van der Waals surface area contributed by atoms with Crippen molar-refractivity contribution in [2.45, 2.75) is 48.8 Å². The van der Waals surface area contributed by atoms with Crippen LogP contribution in [0.5, 0.6) is 46.0 Å². The van der Waals surface area contributed by atoms with Crippen molar-refractivity contribution in [2.24, 2.45) is 0 Å². The van der Waals surface area contributed by atoms with Crippen LogP contribution in [0.2, 0.25) is 0 Å². The summed E-state index contributed by atoms with van der Waals surface area (Å²) in [6.45, 7) is -7.01. The van der Waals surface area contributed by atoms with Crippen LogP contribution in [0, 0.1) is 0 Å². The zero-order valence-electron chi connectivity index (χ0n) is 52.4. The number of hydrogen-bond donors (Lipinski definition) is 16. The monoisotopic (exact) mass is 1330 g/mol. The first-order valence-electron chi connectivity index (χ1n) is 30.9. The van der Waals surface area contributed by atoms with Crippen LogP contribution in [0.3, 0.4) is 0 Å². The van der Waals surface area contributed by atoms with Crippen molar-refractivity contribution in [1.29, 1.82) is 0 Å². The van der Waals surface area contributed by atoms with E-state index in [1.165, 1.54) is 0 Å². The molecule has 0 saturated carbocycles. The fraction of sp³-hybridized carbons (Fsp3) is 0.333. The van der Waals surface area contributed by atoms with Gasteiger partial charge in [0, 0.05) is 33.4 Å². The number of rotatable bonds is 39. The average molecular weight is 1330 g/mol. The maximum absolute atomic E-state index is 10.6. The highest BCUT2D eigenvalue weighted by molar-refractivity contribution is 5.87. The van der Waals surface area contributed by atoms with Crippen LogP contribution in [0.25, 0.3) is 77.9 Å². The lowest BCUT2D eigenvalue weighted by Crippen LogP contribution is -2.22. The summed E-state index contributed by atoms with van der Waals surface area (Å²) >= 11 is 0. The molecule has 514 valence electrons. The van der Waals surface area contributed by atoms with E-state index in [-0.39, 0.29) is 87.4 Å². The molecule has 24 nitrogen and oxygen atoms in total. The Morgan fingerprint density at radius 2 is 0.365 bits per heavy atom. The topological polar surface area (TPSA) is 398 Å². The van der Waals surface area contributed by atoms with E-state index < -0.39 is 102 Å². The van der Waals surface area contributed by atoms with Crippen molar-refractivity contribution in [3.63, 3.8) is 0 Å². The van der Waals surface area contributed by atoms with Gasteiger partial charge in [0.15, 0.2) is 0 Å². The van der Waals surface area contributed by atoms with Crippen LogP contribution < -0.4 is 37.9 Å². The number of aliphatic hydroxyl groups excluding tert-OH is 16. The van der Waals surface area contributed by atoms with Gasteiger partial charge in [-0.25, -0.2) is 0 Å². The zero-order valence-corrected chi connectivity index (χ0v) is 52.4. The minimum atomic E-state index is -1.32. The molecule has 24 heteroatoms. The lowest BCUT2D eigenvalue weighted by Gasteiger charge is -2.21. The Morgan fingerprint density at radius 3 is 0.542 bits per heavy atom. The van der Waals surface area contributed by atoms with Gasteiger partial charge in [0.25, 0.3) is 0 Å². The lowest BCUT2D eigenvalue weighted by atomic mass is 9.93. The third-order valence-corrected chi connectivity index (χ3v) is 14.9. The van der Waals surface area contributed by atoms with E-state index in [0.29, 0.717) is 89.4 Å². The minimum absolute atomic E-state index is 0.151. The van der Waals surface area contributed by atoms with Gasteiger partial charge in [0.1, 0.15) is 148 Å². The maximum Gasteiger partial charge on any atom is 0.128 e. The van der Waals surface area contributed by atoms with Crippen molar-refractivity contribution >= 4 is 0 Å². The summed E-state index contributed by atoms with van der Waals surface area (Å²) in [6.07, 6.45) is -9.89. The Labute approximate surface area is 553 Å². The SMILES string of the molecule is OC[C@@H](O)COc1cccc(-c2ccc(-c3ccc(-c4ccc(-c5ccc(-c6ccc(-c7ccc(-c8cccc(OC[C@H](O)CO)c8)cc7OC[C@H](O)CO)c(OC[C@H](O)CO)c6)cc5OC[C@H](O)CO)c(OC[C@H](O)CO)c4)cc3OC[C@H](O)CO)c(OC[C@H](O)CO)c2)c1. The van der Waals surface area contributed by atoms with Crippen LogP contribution >= 0.6 is 0 Å². The molecule has 0 bridgehead atoms. The summed E-state index contributed by atoms with van der Waals surface area (Å²) in [4.78, 5) is 0. The highest BCUT2D eigenvalue weighted by Gasteiger charge is 2.24. The molecule has 0 aliphatic heterocycles. The van der Waals surface area contributed by atoms with Crippen molar-refractivity contribution in [3.8, 4) is 124 Å². The Morgan fingerprint density at radius 1 is 0.198 bits per heavy atom. The fourth-order valence-electron chi connectivity index (χ4n) is 9.72. The van der Waals surface area contributed by atoms with E-state index in [1.807, 2.05) is 12.1 Å². The standard InChI is InChI=1S/C72H82O24/c73-27-51(81)35-89-59-5-1-3-43(19-59)45-7-13-61(67(21-45)91-37-53(83)29-75)63-15-9-47(23-69(63)93-39-55(85)31-77)49-11-17-65(71(25-49)95-41-57(87)33-79)66-18-12-50(26-72(66)96-42-58(88)34-80)48-10-16-64(70(24-48)94-40-56(86)32-78)62-14-8-46(22-68(62)92-38-54(84)30-76)44-4-2-6-60(20-44)90-36-52(82)28-74/h1-26,51-58,73-88H,27-42H2/t51-,52-,53-,54-,55-,56-,57-,58-/m1/s1. The van der Waals surface area contributed by atoms with E-state index >= 15 is 0 Å². The molecule has 0 spiro atoms. The van der Waals surface area contributed by atoms with E-state index in [2.05, 4.69) is 0 Å². The first-order chi connectivity index (χ1) is 46.5. The fourth-order valence-corrected chi connectivity index (χ4v) is 9.72. The van der Waals surface area contributed by atoms with Gasteiger partial charge >= 0.3 is 0 Å². The van der Waals surface area contributed by atoms with Gasteiger partial charge in [-0.1, -0.05) is 60.7 Å². The Bertz CT molecular complexity index is 3490. The third-order valence-electron chi connectivity index (χ3n) is 14.9. The Kier molecular flexibility index (Phi) is 27.9. The van der Waals surface area contributed by atoms with Gasteiger partial charge in [-0.05, 0) is 142 Å². The van der Waals surface area contributed by atoms with Crippen LogP contribution in [0.1, 0.15) is 0 Å². The molecule has 8 aromatic rings. The smallest absolute Gasteiger partial charge is 0.128 e. The molecule has 0 amide bonds. The number of hydrogen-bond acceptors (Lipinski definition) is 24. The third kappa shape index (κ3) is 20.3. The maximum atomic E-state index is 10.6. The molecular formula is C72H82O24. The average Bonchev–Trinajstić information content (AvgIpc) is 0.794. The summed E-state index contributed by atoms with van der Waals surface area (Å²) < 4.78 is 48.7. The van der Waals surface area contributed by atoms with Crippen molar-refractivity contribution < 1.29 is 120 Å². The van der Waals surface area contributed by atoms with Crippen LogP contribution in [-0.2, 0) is 0 Å². The molecule has 16 N–H and O–H groups in total. The molecule has 0 fully saturated rings. The van der Waals surface area contributed by atoms with Gasteiger partial charge in [0.05, 0.1) is 52.9 Å². The van der Waals surface area contributed by atoms with E-state index in [1.54, 1.807) is 146 Å². The predicted molar refractivity (Wildman–Crippen MR) is 353 cm³/mol. The zero-order chi connectivity index (χ0) is 68.7. The van der Waals surface area contributed by atoms with Gasteiger partial charge < -0.3 is 120 Å². The van der Waals surface area contributed by atoms with E-state index in [4.69, 9.17) is 37.9 Å². The second kappa shape index (κ2) is 36.6. The summed E-state index contributed by atoms with van der Waals surface area (Å²) in [5.74, 6) is 2.16. The van der Waals surface area contributed by atoms with Gasteiger partial charge in [-0.15, -0.1) is 0 Å². The van der Waals surface area contributed by atoms with Crippen LogP contribution in [-0.4, -0.2) is 236 Å². The van der Waals surface area contributed by atoms with Crippen molar-refractivity contribution in [1.82, 2.24) is 0 Å². The summed E-state index contributed by atoms with van der Waals surface area (Å²) in [6, 6.07) is 45.3. The number of aliphatic hydroxyl groups is 16. The second-order valence-electron chi connectivity index (χ2n) is 22.5. The van der Waals surface area contributed by atoms with Crippen LogP contribution in [0.15, 0.2) is 158 Å². The van der Waals surface area contributed by atoms with Crippen LogP contribution in [0.4, 0.5) is 0 Å². The molecule has 0 radical (unpaired) electrons. The predicted octanol–water partition coefficient (Wildman–Crippen LogP) is 3.21. The largest absolute Gasteiger partial charge is 0.491 e. The highest BCUT2D eigenvalue weighted by Crippen LogP contribution is 2.47. The van der Waals surface area contributed by atoms with Crippen molar-refractivity contribution in [3.05, 3.63) is 158 Å². The Balaban J connectivity index is 1.20. The quantitative estimate of drug-likeness (QED) is 0.0263. The van der Waals surface area contributed by atoms with Gasteiger partial charge in [-0.3, -0.25) is 0 Å². The second-order valence-corrected chi connectivity index (χ2v) is 22.5.